The zero-order valence-corrected chi connectivity index (χ0v) is 21.5. The molecule has 0 aliphatic carbocycles. The highest BCUT2D eigenvalue weighted by Crippen LogP contribution is 2.23. The third-order valence-electron chi connectivity index (χ3n) is 5.44. The summed E-state index contributed by atoms with van der Waals surface area (Å²) in [5.74, 6) is 15.5. The van der Waals surface area contributed by atoms with E-state index in [2.05, 4.69) is 59.7 Å². The van der Waals surface area contributed by atoms with Gasteiger partial charge in [-0.05, 0) is 79.7 Å². The molecule has 1 nitrogen and oxygen atoms in total. The van der Waals surface area contributed by atoms with Gasteiger partial charge in [-0.25, -0.2) is 13.2 Å². The number of aliphatic imine (C=N–C) groups is 1. The van der Waals surface area contributed by atoms with E-state index in [4.69, 9.17) is 0 Å². The molecule has 3 aromatic rings. The van der Waals surface area contributed by atoms with Crippen molar-refractivity contribution >= 4 is 23.1 Å². The molecule has 0 spiro atoms. The maximum atomic E-state index is 14.5. The van der Waals surface area contributed by atoms with E-state index in [9.17, 15) is 13.2 Å². The Labute approximate surface area is 221 Å². The standard InChI is InChI=1S/C32H24F3NS/c1-3-4-5-6-7-8-9-24-13-15-28(29(33)19-24)17-16-27-14-12-25(18-23(27)2)10-11-26-20-30(34)32(36-22-37)31(35)21-26/h12-15,18-21H,3-7H2,1-2H3. The molecule has 184 valence electrons. The van der Waals surface area contributed by atoms with Gasteiger partial charge in [0.1, 0.15) is 11.5 Å². The lowest BCUT2D eigenvalue weighted by Crippen LogP contribution is -1.88. The first-order chi connectivity index (χ1) is 17.9. The van der Waals surface area contributed by atoms with E-state index in [-0.39, 0.29) is 5.56 Å². The lowest BCUT2D eigenvalue weighted by molar-refractivity contribution is 0.587. The molecule has 0 aromatic heterocycles. The van der Waals surface area contributed by atoms with Gasteiger partial charge in [-0.1, -0.05) is 61.7 Å². The number of isothiocyanates is 1. The summed E-state index contributed by atoms with van der Waals surface area (Å²) in [5, 5.41) is 1.95. The zero-order chi connectivity index (χ0) is 26.6. The molecule has 5 heteroatoms. The second-order valence-corrected chi connectivity index (χ2v) is 8.51. The molecule has 0 heterocycles. The van der Waals surface area contributed by atoms with E-state index < -0.39 is 23.1 Å². The first-order valence-electron chi connectivity index (χ1n) is 11.9. The van der Waals surface area contributed by atoms with Gasteiger partial charge in [0.25, 0.3) is 0 Å². The van der Waals surface area contributed by atoms with Crippen LogP contribution in [0, 0.1) is 59.9 Å². The Balaban J connectivity index is 1.71. The van der Waals surface area contributed by atoms with Gasteiger partial charge < -0.3 is 0 Å². The maximum absolute atomic E-state index is 14.5. The van der Waals surface area contributed by atoms with Gasteiger partial charge in [0.15, 0.2) is 11.6 Å². The third-order valence-corrected chi connectivity index (χ3v) is 5.53. The summed E-state index contributed by atoms with van der Waals surface area (Å²) >= 11 is 4.40. The van der Waals surface area contributed by atoms with E-state index in [0.29, 0.717) is 16.7 Å². The van der Waals surface area contributed by atoms with Crippen molar-refractivity contribution in [1.82, 2.24) is 0 Å². The summed E-state index contributed by atoms with van der Waals surface area (Å²) < 4.78 is 42.5. The van der Waals surface area contributed by atoms with Crippen LogP contribution >= 0.6 is 12.2 Å². The highest BCUT2D eigenvalue weighted by atomic mass is 32.1. The summed E-state index contributed by atoms with van der Waals surface area (Å²) in [5.41, 5.74) is 2.82. The van der Waals surface area contributed by atoms with Gasteiger partial charge in [0.2, 0.25) is 0 Å². The number of halogens is 3. The van der Waals surface area contributed by atoms with Gasteiger partial charge in [-0.2, -0.15) is 4.99 Å². The number of hydrogen-bond donors (Lipinski definition) is 0. The highest BCUT2D eigenvalue weighted by molar-refractivity contribution is 7.78. The Hall–Kier alpha value is -4.07. The molecule has 0 saturated heterocycles. The van der Waals surface area contributed by atoms with E-state index >= 15 is 0 Å². The Kier molecular flexibility index (Phi) is 10.3. The molecule has 0 atom stereocenters. The highest BCUT2D eigenvalue weighted by Gasteiger charge is 2.09. The molecule has 0 fully saturated rings. The molecule has 0 unspecified atom stereocenters. The smallest absolute Gasteiger partial charge is 0.153 e. The normalized spacial score (nSPS) is 9.65. The van der Waals surface area contributed by atoms with Crippen molar-refractivity contribution in [2.24, 2.45) is 4.99 Å². The summed E-state index contributed by atoms with van der Waals surface area (Å²) in [4.78, 5) is 3.38. The van der Waals surface area contributed by atoms with Crippen LogP contribution in [-0.4, -0.2) is 5.16 Å². The maximum Gasteiger partial charge on any atom is 0.153 e. The second kappa shape index (κ2) is 13.9. The Morgan fingerprint density at radius 1 is 0.703 bits per heavy atom. The second-order valence-electron chi connectivity index (χ2n) is 8.33. The van der Waals surface area contributed by atoms with Crippen LogP contribution in [0.15, 0.2) is 53.5 Å². The van der Waals surface area contributed by atoms with Gasteiger partial charge in [-0.3, -0.25) is 0 Å². The van der Waals surface area contributed by atoms with Crippen LogP contribution in [0.2, 0.25) is 0 Å². The van der Waals surface area contributed by atoms with Crippen LogP contribution in [0.1, 0.15) is 72.4 Å². The minimum absolute atomic E-state index is 0.167. The molecule has 0 radical (unpaired) electrons. The monoisotopic (exact) mass is 511 g/mol. The molecular weight excluding hydrogens is 487 g/mol. The fourth-order valence-corrected chi connectivity index (χ4v) is 3.54. The van der Waals surface area contributed by atoms with Crippen LogP contribution in [0.4, 0.5) is 18.9 Å². The fourth-order valence-electron chi connectivity index (χ4n) is 3.45. The van der Waals surface area contributed by atoms with Crippen LogP contribution in [0.5, 0.6) is 0 Å². The SMILES string of the molecule is CCCCCCC#Cc1ccc(C#Cc2ccc(C#Cc3cc(F)c(N=C=S)c(F)c3)cc2C)c(F)c1. The number of unbranched alkanes of at least 4 members (excludes halogenated alkanes) is 4. The molecule has 0 saturated carbocycles. The molecule has 0 aliphatic rings. The summed E-state index contributed by atoms with van der Waals surface area (Å²) in [6, 6.07) is 12.3. The molecule has 37 heavy (non-hydrogen) atoms. The average Bonchev–Trinajstić information content (AvgIpc) is 2.87. The quantitative estimate of drug-likeness (QED) is 0.145. The first kappa shape index (κ1) is 27.5. The molecule has 0 amide bonds. The third kappa shape index (κ3) is 8.24. The number of thiocarbonyl (C=S) groups is 1. The lowest BCUT2D eigenvalue weighted by atomic mass is 10.0. The number of benzene rings is 3. The van der Waals surface area contributed by atoms with Crippen molar-refractivity contribution in [2.75, 3.05) is 0 Å². The molecule has 0 N–H and O–H groups in total. The minimum Gasteiger partial charge on any atom is -0.206 e. The minimum atomic E-state index is -0.863. The number of nitrogens with zero attached hydrogens (tertiary/aromatic N) is 1. The Bertz CT molecular complexity index is 1510. The van der Waals surface area contributed by atoms with Crippen LogP contribution in [-0.2, 0) is 0 Å². The molecular formula is C32H24F3NS. The van der Waals surface area contributed by atoms with Crippen LogP contribution in [0.3, 0.4) is 0 Å². The summed E-state index contributed by atoms with van der Waals surface area (Å²) in [6.07, 6.45) is 5.43. The fraction of sp³-hybridized carbons (Fsp3) is 0.219. The number of hydrogen-bond acceptors (Lipinski definition) is 2. The molecule has 3 aromatic carbocycles. The Morgan fingerprint density at radius 2 is 1.32 bits per heavy atom. The van der Waals surface area contributed by atoms with Crippen molar-refractivity contribution in [2.45, 2.75) is 46.0 Å². The van der Waals surface area contributed by atoms with Gasteiger partial charge in [0.05, 0.1) is 10.7 Å². The van der Waals surface area contributed by atoms with Crippen LogP contribution in [0.25, 0.3) is 0 Å². The largest absolute Gasteiger partial charge is 0.206 e. The van der Waals surface area contributed by atoms with Crippen LogP contribution < -0.4 is 0 Å². The van der Waals surface area contributed by atoms with Crippen molar-refractivity contribution < 1.29 is 13.2 Å². The number of aryl methyl sites for hydroxylation is 1. The van der Waals surface area contributed by atoms with Crippen molar-refractivity contribution in [3.05, 3.63) is 99.4 Å². The first-order valence-corrected chi connectivity index (χ1v) is 12.3. The van der Waals surface area contributed by atoms with Gasteiger partial charge in [-0.15, -0.1) is 0 Å². The zero-order valence-electron chi connectivity index (χ0n) is 20.6. The van der Waals surface area contributed by atoms with Crippen molar-refractivity contribution in [3.63, 3.8) is 0 Å². The average molecular weight is 512 g/mol. The van der Waals surface area contributed by atoms with Crippen molar-refractivity contribution in [3.8, 4) is 35.5 Å². The topological polar surface area (TPSA) is 12.4 Å². The van der Waals surface area contributed by atoms with E-state index in [1.54, 1.807) is 24.3 Å². The number of rotatable bonds is 5. The Morgan fingerprint density at radius 3 is 1.97 bits per heavy atom. The summed E-state index contributed by atoms with van der Waals surface area (Å²) in [7, 11) is 0. The molecule has 3 rings (SSSR count). The van der Waals surface area contributed by atoms with Gasteiger partial charge >= 0.3 is 0 Å². The predicted octanol–water partition coefficient (Wildman–Crippen LogP) is 8.27. The summed E-state index contributed by atoms with van der Waals surface area (Å²) in [6.45, 7) is 4.03. The molecule has 0 bridgehead atoms. The molecule has 0 aliphatic heterocycles. The van der Waals surface area contributed by atoms with E-state index in [0.717, 1.165) is 36.1 Å². The van der Waals surface area contributed by atoms with E-state index in [1.807, 2.05) is 18.2 Å². The van der Waals surface area contributed by atoms with E-state index in [1.165, 1.54) is 25.3 Å². The lowest BCUT2D eigenvalue weighted by Gasteiger charge is -2.00. The van der Waals surface area contributed by atoms with Gasteiger partial charge in [0, 0.05) is 28.7 Å². The van der Waals surface area contributed by atoms with Crippen molar-refractivity contribution in [1.29, 1.82) is 0 Å². The predicted molar refractivity (Wildman–Crippen MR) is 146 cm³/mol.